The monoisotopic (exact) mass is 114 g/mol. The minimum absolute atomic E-state index is 0. The summed E-state index contributed by atoms with van der Waals surface area (Å²) in [5.41, 5.74) is 0. The number of hydrogen-bond acceptors (Lipinski definition) is 1. The van der Waals surface area contributed by atoms with Gasteiger partial charge in [0.2, 0.25) is 0 Å². The molecule has 0 fully saturated rings. The second kappa shape index (κ2) is 17.8. The van der Waals surface area contributed by atoms with Crippen LogP contribution in [0.5, 0.6) is 0 Å². The van der Waals surface area contributed by atoms with Crippen LogP contribution in [0.1, 0.15) is 0 Å². The Hall–Kier alpha value is 2.52. The molecule has 0 aromatic rings. The first-order valence-electron chi connectivity index (χ1n) is 0.447. The molecule has 4 heteroatoms. The van der Waals surface area contributed by atoms with Gasteiger partial charge in [-0.05, 0) is 0 Å². The summed E-state index contributed by atoms with van der Waals surface area (Å²) in [7, 11) is 0. The van der Waals surface area contributed by atoms with E-state index in [1.54, 1.807) is 0 Å². The second-order valence-electron chi connectivity index (χ2n) is 0. The van der Waals surface area contributed by atoms with E-state index in [0.29, 0.717) is 16.6 Å². The van der Waals surface area contributed by atoms with Crippen molar-refractivity contribution in [2.45, 2.75) is 0 Å². The third kappa shape index (κ3) is 8.82. The summed E-state index contributed by atoms with van der Waals surface area (Å²) < 4.78 is 7.14. The molecule has 4 heavy (non-hydrogen) atoms. The molecule has 0 aliphatic rings. The quantitative estimate of drug-likeness (QED) is 0.327. The fourth-order valence-corrected chi connectivity index (χ4v) is 0. The first-order valence-corrected chi connectivity index (χ1v) is 1.34. The average Bonchev–Trinajstić information content (AvgIpc) is 1.00. The van der Waals surface area contributed by atoms with E-state index >= 15 is 0 Å². The molecule has 0 rings (SSSR count). The Kier molecular flexibility index (Phi) is 71.2. The van der Waals surface area contributed by atoms with Crippen molar-refractivity contribution < 1.29 is 4.16 Å². The third-order valence-corrected chi connectivity index (χ3v) is 0. The van der Waals surface area contributed by atoms with Crippen molar-refractivity contribution in [2.75, 3.05) is 0 Å². The maximum atomic E-state index is 7.14. The summed E-state index contributed by atoms with van der Waals surface area (Å²) in [6, 6.07) is 0. The molecular formula is H7AlCaMgO. The van der Waals surface area contributed by atoms with Gasteiger partial charge in [-0.1, -0.05) is 0 Å². The largest absolute Gasteiger partial charge is 0.521 e. The van der Waals surface area contributed by atoms with Gasteiger partial charge in [0.1, 0.15) is 0 Å². The zero-order chi connectivity index (χ0) is 2.00. The van der Waals surface area contributed by atoms with Crippen LogP contribution in [0.25, 0.3) is 0 Å². The van der Waals surface area contributed by atoms with Crippen molar-refractivity contribution >= 4 is 77.4 Å². The van der Waals surface area contributed by atoms with E-state index in [4.69, 9.17) is 4.16 Å². The zero-order valence-corrected chi connectivity index (χ0v) is 3.45. The molecule has 0 bridgehead atoms. The molecule has 0 aromatic heterocycles. The Bertz CT molecular complexity index is 8.00. The molecule has 0 saturated heterocycles. The molecule has 0 aromatic carbocycles. The van der Waals surface area contributed by atoms with Crippen LogP contribution < -0.4 is 0 Å². The van der Waals surface area contributed by atoms with Gasteiger partial charge in [-0.25, -0.2) is 0 Å². The van der Waals surface area contributed by atoms with E-state index in [1.165, 1.54) is 0 Å². The number of rotatable bonds is 0. The topological polar surface area (TPSA) is 20.2 Å². The van der Waals surface area contributed by atoms with Gasteiger partial charge < -0.3 is 4.16 Å². The zero-order valence-electron chi connectivity index (χ0n) is 1.45. The van der Waals surface area contributed by atoms with E-state index in [0.717, 1.165) is 0 Å². The molecule has 0 unspecified atom stereocenters. The molecule has 0 aliphatic heterocycles. The predicted octanol–water partition coefficient (Wildman–Crippen LogP) is -3.31. The van der Waals surface area contributed by atoms with E-state index in [9.17, 15) is 0 Å². The average molecular weight is 114 g/mol. The Labute approximate surface area is 80.1 Å². The third-order valence-electron chi connectivity index (χ3n) is 0. The first kappa shape index (κ1) is 16.0. The molecule has 0 atom stereocenters. The van der Waals surface area contributed by atoms with Crippen molar-refractivity contribution in [3.05, 3.63) is 0 Å². The summed E-state index contributed by atoms with van der Waals surface area (Å²) in [5, 5.41) is 0. The van der Waals surface area contributed by atoms with Crippen molar-refractivity contribution in [1.82, 2.24) is 0 Å². The van der Waals surface area contributed by atoms with Gasteiger partial charge in [0.05, 0.1) is 0 Å². The molecule has 0 amide bonds. The molecule has 0 heterocycles. The van der Waals surface area contributed by atoms with Crippen molar-refractivity contribution in [3.63, 3.8) is 0 Å². The molecule has 20 valence electrons. The smallest absolute Gasteiger partial charge is 0.407 e. The normalized spacial score (nSPS) is 1.25. The van der Waals surface area contributed by atoms with Gasteiger partial charge in [0, 0.05) is 0 Å². The van der Waals surface area contributed by atoms with Gasteiger partial charge in [-0.15, -0.1) is 0 Å². The van der Waals surface area contributed by atoms with Gasteiger partial charge in [-0.3, -0.25) is 0 Å². The molecule has 0 radical (unpaired) electrons. The molecule has 0 aliphatic carbocycles. The second-order valence-corrected chi connectivity index (χ2v) is 0. The van der Waals surface area contributed by atoms with Gasteiger partial charge >= 0.3 is 77.4 Å². The van der Waals surface area contributed by atoms with Crippen LogP contribution in [0.3, 0.4) is 0 Å². The Morgan fingerprint density at radius 3 is 1.25 bits per heavy atom. The van der Waals surface area contributed by atoms with Crippen LogP contribution in [0.4, 0.5) is 0 Å². The van der Waals surface area contributed by atoms with Gasteiger partial charge in [0.15, 0.2) is 0 Å². The predicted molar refractivity (Wildman–Crippen MR) is 27.9 cm³/mol. The minimum atomic E-state index is 0. The maximum Gasteiger partial charge on any atom is 0.407 e. The summed E-state index contributed by atoms with van der Waals surface area (Å²) in [5.74, 6) is 0. The van der Waals surface area contributed by atoms with E-state index in [2.05, 4.69) is 0 Å². The summed E-state index contributed by atoms with van der Waals surface area (Å²) in [6.07, 6.45) is 0. The van der Waals surface area contributed by atoms with Crippen molar-refractivity contribution in [3.8, 4) is 0 Å². The van der Waals surface area contributed by atoms with Crippen molar-refractivity contribution in [1.29, 1.82) is 0 Å². The Balaban J connectivity index is -0.00000000500. The van der Waals surface area contributed by atoms with E-state index in [1.807, 2.05) is 0 Å². The SMILES string of the molecule is [CaH2].[MgH2].[OH][AlH2]. The molecule has 0 spiro atoms. The fourth-order valence-electron chi connectivity index (χ4n) is 0. The van der Waals surface area contributed by atoms with E-state index < -0.39 is 0 Å². The fraction of sp³-hybridized carbons (Fsp3) is 0. The molecule has 1 nitrogen and oxygen atoms in total. The summed E-state index contributed by atoms with van der Waals surface area (Å²) >= 11 is 0.306. The molecule has 0 saturated carbocycles. The van der Waals surface area contributed by atoms with Crippen LogP contribution in [-0.2, 0) is 0 Å². The Morgan fingerprint density at radius 2 is 1.25 bits per heavy atom. The molecule has 1 N–H and O–H groups in total. The van der Waals surface area contributed by atoms with Crippen LogP contribution in [0.15, 0.2) is 0 Å². The van der Waals surface area contributed by atoms with Crippen LogP contribution in [-0.4, -0.2) is 81.6 Å². The van der Waals surface area contributed by atoms with Crippen LogP contribution in [0, 0.1) is 0 Å². The Morgan fingerprint density at radius 1 is 1.25 bits per heavy atom. The maximum absolute atomic E-state index is 7.14. The first-order chi connectivity index (χ1) is 1.00. The minimum Gasteiger partial charge on any atom is -0.521 e. The van der Waals surface area contributed by atoms with Gasteiger partial charge in [0.25, 0.3) is 0 Å². The molecular weight excluding hydrogens is 107 g/mol. The van der Waals surface area contributed by atoms with E-state index in [-0.39, 0.29) is 60.8 Å². The van der Waals surface area contributed by atoms with Crippen molar-refractivity contribution in [2.24, 2.45) is 0 Å². The summed E-state index contributed by atoms with van der Waals surface area (Å²) in [6.45, 7) is 0. The standard InChI is InChI=1S/Al.Ca.Mg.H2O.6H/h;;;1H2;;;;;;/q+1;;;;;;;;;/p-1. The number of hydrogen-bond donors (Lipinski definition) is 1. The van der Waals surface area contributed by atoms with Gasteiger partial charge in [-0.2, -0.15) is 0 Å². The van der Waals surface area contributed by atoms with Crippen LogP contribution >= 0.6 is 0 Å². The summed E-state index contributed by atoms with van der Waals surface area (Å²) in [4.78, 5) is 0. The van der Waals surface area contributed by atoms with Crippen LogP contribution in [0.2, 0.25) is 0 Å².